The number of aromatic nitrogens is 6. The van der Waals surface area contributed by atoms with Crippen LogP contribution in [-0.2, 0) is 13.1 Å². The lowest BCUT2D eigenvalue weighted by Gasteiger charge is -2.10. The molecule has 0 N–H and O–H groups in total. The minimum Gasteiger partial charge on any atom is -0.325 e. The summed E-state index contributed by atoms with van der Waals surface area (Å²) in [7, 11) is 0. The second kappa shape index (κ2) is 7.73. The zero-order valence-electron chi connectivity index (χ0n) is 13.9. The zero-order valence-corrected chi connectivity index (χ0v) is 16.3. The van der Waals surface area contributed by atoms with E-state index in [-0.39, 0.29) is 24.8 Å². The van der Waals surface area contributed by atoms with Crippen molar-refractivity contribution in [2.75, 3.05) is 0 Å². The molecule has 4 aromatic heterocycles. The van der Waals surface area contributed by atoms with E-state index in [2.05, 4.69) is 24.1 Å². The second-order valence-electron chi connectivity index (χ2n) is 6.16. The smallest absolute Gasteiger partial charge is 0.169 e. The molecule has 0 radical (unpaired) electrons. The minimum atomic E-state index is 0. The third kappa shape index (κ3) is 3.47. The van der Waals surface area contributed by atoms with E-state index in [9.17, 15) is 0 Å². The van der Waals surface area contributed by atoms with Gasteiger partial charge in [-0.1, -0.05) is 0 Å². The second-order valence-corrected chi connectivity index (χ2v) is 7.06. The van der Waals surface area contributed by atoms with Crippen molar-refractivity contribution in [3.05, 3.63) is 48.3 Å². The molecule has 6 nitrogen and oxygen atoms in total. The fourth-order valence-electron chi connectivity index (χ4n) is 3.02. The summed E-state index contributed by atoms with van der Waals surface area (Å²) in [5.41, 5.74) is 2.13. The highest BCUT2D eigenvalue weighted by molar-refractivity contribution is 7.13. The number of fused-ring (bicyclic) bond motifs is 1. The minimum absolute atomic E-state index is 0. The molecule has 0 atom stereocenters. The van der Waals surface area contributed by atoms with Crippen molar-refractivity contribution in [1.29, 1.82) is 0 Å². The highest BCUT2D eigenvalue weighted by atomic mass is 35.5. The van der Waals surface area contributed by atoms with Crippen molar-refractivity contribution >= 4 is 47.2 Å². The van der Waals surface area contributed by atoms with Crippen molar-refractivity contribution in [2.45, 2.75) is 25.9 Å². The fourth-order valence-corrected chi connectivity index (χ4v) is 3.67. The number of hydrogen-bond donors (Lipinski definition) is 0. The molecule has 0 amide bonds. The zero-order chi connectivity index (χ0) is 15.9. The van der Waals surface area contributed by atoms with Crippen LogP contribution in [0.3, 0.4) is 0 Å². The van der Waals surface area contributed by atoms with E-state index in [0.29, 0.717) is 6.54 Å². The molecule has 1 aliphatic carbocycles. The van der Waals surface area contributed by atoms with Crippen LogP contribution in [0.25, 0.3) is 21.9 Å². The maximum atomic E-state index is 4.85. The molecule has 0 bridgehead atoms. The maximum Gasteiger partial charge on any atom is 0.169 e. The van der Waals surface area contributed by atoms with Crippen LogP contribution < -0.4 is 0 Å². The molecular weight excluding hydrogens is 391 g/mol. The summed E-state index contributed by atoms with van der Waals surface area (Å²) >= 11 is 1.60. The largest absolute Gasteiger partial charge is 0.325 e. The van der Waals surface area contributed by atoms with Gasteiger partial charge in [-0.05, 0) is 24.8 Å². The Hall–Kier alpha value is -1.96. The van der Waals surface area contributed by atoms with Crippen molar-refractivity contribution in [1.82, 2.24) is 29.1 Å². The number of hydrogen-bond acceptors (Lipinski definition) is 5. The van der Waals surface area contributed by atoms with Gasteiger partial charge in [-0.2, -0.15) is 0 Å². The molecule has 4 heterocycles. The van der Waals surface area contributed by atoms with Crippen LogP contribution in [0.4, 0.5) is 0 Å². The number of rotatable bonds is 5. The summed E-state index contributed by atoms with van der Waals surface area (Å²) in [6.07, 6.45) is 12.0. The Labute approximate surface area is 167 Å². The number of halogens is 2. The fraction of sp³-hybridized carbons (Fsp3) is 0.294. The first-order chi connectivity index (χ1) is 11.9. The summed E-state index contributed by atoms with van der Waals surface area (Å²) in [4.78, 5) is 18.0. The number of imidazole rings is 2. The van der Waals surface area contributed by atoms with Crippen LogP contribution >= 0.6 is 36.2 Å². The topological polar surface area (TPSA) is 61.4 Å². The molecule has 26 heavy (non-hydrogen) atoms. The lowest BCUT2D eigenvalue weighted by atomic mass is 10.3. The molecule has 0 saturated heterocycles. The molecule has 9 heteroatoms. The van der Waals surface area contributed by atoms with Crippen molar-refractivity contribution in [2.24, 2.45) is 5.92 Å². The summed E-state index contributed by atoms with van der Waals surface area (Å²) in [6, 6.07) is 1.98. The monoisotopic (exact) mass is 408 g/mol. The molecule has 0 aliphatic heterocycles. The quantitative estimate of drug-likeness (QED) is 0.499. The standard InChI is InChI=1S/C17H16N6S.2ClH/c1-2-12(1)10-23-14-9-18-4-3-13(14)21-15(23)11-22-7-5-19-16(22)17-20-6-8-24-17;;/h3-9,12H,1-2,10-11H2;2*1H. The Kier molecular flexibility index (Phi) is 5.60. The van der Waals surface area contributed by atoms with Crippen LogP contribution in [0, 0.1) is 5.92 Å². The summed E-state index contributed by atoms with van der Waals surface area (Å²) in [5.74, 6) is 2.73. The number of nitrogens with zero attached hydrogens (tertiary/aromatic N) is 6. The van der Waals surface area contributed by atoms with Gasteiger partial charge in [0.25, 0.3) is 0 Å². The molecule has 1 fully saturated rings. The molecule has 136 valence electrons. The number of pyridine rings is 1. The van der Waals surface area contributed by atoms with Crippen LogP contribution in [0.1, 0.15) is 18.7 Å². The van der Waals surface area contributed by atoms with Crippen LogP contribution in [0.15, 0.2) is 42.4 Å². The van der Waals surface area contributed by atoms with Crippen LogP contribution in [0.2, 0.25) is 0 Å². The van der Waals surface area contributed by atoms with E-state index in [1.165, 1.54) is 12.8 Å². The van der Waals surface area contributed by atoms with Gasteiger partial charge >= 0.3 is 0 Å². The van der Waals surface area contributed by atoms with Crippen LogP contribution in [0.5, 0.6) is 0 Å². The summed E-state index contributed by atoms with van der Waals surface area (Å²) in [5, 5.41) is 2.91. The van der Waals surface area contributed by atoms with Crippen LogP contribution in [-0.4, -0.2) is 29.1 Å². The lowest BCUT2D eigenvalue weighted by molar-refractivity contribution is 0.592. The van der Waals surface area contributed by atoms with Crippen molar-refractivity contribution in [3.8, 4) is 10.8 Å². The van der Waals surface area contributed by atoms with Gasteiger partial charge < -0.3 is 9.13 Å². The average Bonchev–Trinajstić information content (AvgIpc) is 3.01. The predicted molar refractivity (Wildman–Crippen MR) is 107 cm³/mol. The first kappa shape index (κ1) is 18.8. The van der Waals surface area contributed by atoms with E-state index in [0.717, 1.165) is 40.2 Å². The van der Waals surface area contributed by atoms with Gasteiger partial charge in [0, 0.05) is 36.7 Å². The molecule has 1 saturated carbocycles. The Morgan fingerprint density at radius 2 is 2.00 bits per heavy atom. The highest BCUT2D eigenvalue weighted by Gasteiger charge is 2.24. The number of thiazole rings is 1. The molecule has 5 rings (SSSR count). The first-order valence-electron chi connectivity index (χ1n) is 8.08. The van der Waals surface area contributed by atoms with E-state index in [4.69, 9.17) is 4.98 Å². The van der Waals surface area contributed by atoms with Gasteiger partial charge in [-0.15, -0.1) is 36.2 Å². The molecule has 0 spiro atoms. The van der Waals surface area contributed by atoms with Crippen molar-refractivity contribution in [3.63, 3.8) is 0 Å². The van der Waals surface area contributed by atoms with Gasteiger partial charge in [0.15, 0.2) is 10.8 Å². The van der Waals surface area contributed by atoms with Gasteiger partial charge in [-0.3, -0.25) is 4.98 Å². The lowest BCUT2D eigenvalue weighted by Crippen LogP contribution is -2.10. The Morgan fingerprint density at radius 3 is 2.77 bits per heavy atom. The van der Waals surface area contributed by atoms with E-state index < -0.39 is 0 Å². The third-order valence-corrected chi connectivity index (χ3v) is 5.19. The van der Waals surface area contributed by atoms with Gasteiger partial charge in [-0.25, -0.2) is 15.0 Å². The van der Waals surface area contributed by atoms with Gasteiger partial charge in [0.05, 0.1) is 23.8 Å². The van der Waals surface area contributed by atoms with E-state index in [1.807, 2.05) is 36.2 Å². The Balaban J connectivity index is 0.000000980. The molecule has 4 aromatic rings. The normalized spacial score (nSPS) is 13.4. The highest BCUT2D eigenvalue weighted by Crippen LogP contribution is 2.32. The molecule has 0 unspecified atom stereocenters. The summed E-state index contributed by atoms with van der Waals surface area (Å²) in [6.45, 7) is 1.72. The molecule has 0 aromatic carbocycles. The Bertz CT molecular complexity index is 990. The third-order valence-electron chi connectivity index (χ3n) is 4.42. The Morgan fingerprint density at radius 1 is 1.12 bits per heavy atom. The van der Waals surface area contributed by atoms with Gasteiger partial charge in [0.2, 0.25) is 0 Å². The maximum absolute atomic E-state index is 4.85. The van der Waals surface area contributed by atoms with Crippen molar-refractivity contribution < 1.29 is 0 Å². The van der Waals surface area contributed by atoms with E-state index in [1.54, 1.807) is 17.5 Å². The molecule has 1 aliphatic rings. The van der Waals surface area contributed by atoms with Gasteiger partial charge in [0.1, 0.15) is 5.82 Å². The predicted octanol–water partition coefficient (Wildman–Crippen LogP) is 4.05. The first-order valence-corrected chi connectivity index (χ1v) is 8.96. The van der Waals surface area contributed by atoms with E-state index >= 15 is 0 Å². The summed E-state index contributed by atoms with van der Waals surface area (Å²) < 4.78 is 4.45. The molecular formula is C17H18Cl2N6S. The SMILES string of the molecule is Cl.Cl.c1cc2nc(Cn3ccnc3-c3nccs3)n(CC3CC3)c2cn1. The average molecular weight is 409 g/mol.